The number of allylic oxidation sites excluding steroid dienone is 3. The number of carboxylic acids is 1. The lowest BCUT2D eigenvalue weighted by atomic mass is 9.75. The lowest BCUT2D eigenvalue weighted by Gasteiger charge is -2.32. The summed E-state index contributed by atoms with van der Waals surface area (Å²) in [5, 5.41) is 8.04. The van der Waals surface area contributed by atoms with Crippen LogP contribution in [0.3, 0.4) is 0 Å². The quantitative estimate of drug-likeness (QED) is 0.794. The van der Waals surface area contributed by atoms with Crippen molar-refractivity contribution in [3.8, 4) is 0 Å². The van der Waals surface area contributed by atoms with Gasteiger partial charge < -0.3 is 5.11 Å². The zero-order chi connectivity index (χ0) is 14.0. The molecular weight excluding hydrogens is 269 g/mol. The molecule has 0 bridgehead atoms. The second-order valence-corrected chi connectivity index (χ2v) is 4.77. The summed E-state index contributed by atoms with van der Waals surface area (Å²) in [6, 6.07) is 0. The van der Waals surface area contributed by atoms with Crippen LogP contribution < -0.4 is 0 Å². The molecule has 0 fully saturated rings. The zero-order valence-electron chi connectivity index (χ0n) is 9.80. The first-order valence-electron chi connectivity index (χ1n) is 5.59. The minimum absolute atomic E-state index is 0.227. The van der Waals surface area contributed by atoms with Gasteiger partial charge >= 0.3 is 12.1 Å². The van der Waals surface area contributed by atoms with Crippen molar-refractivity contribution in [2.45, 2.75) is 37.7 Å². The van der Waals surface area contributed by atoms with Gasteiger partial charge in [-0.1, -0.05) is 38.0 Å². The van der Waals surface area contributed by atoms with Crippen molar-refractivity contribution in [1.29, 1.82) is 0 Å². The molecule has 0 aromatic carbocycles. The van der Waals surface area contributed by atoms with Crippen molar-refractivity contribution >= 4 is 17.6 Å². The summed E-state index contributed by atoms with van der Waals surface area (Å²) in [5.74, 6) is -1.19. The summed E-state index contributed by atoms with van der Waals surface area (Å²) in [6.07, 6.45) is -0.263. The Morgan fingerprint density at radius 1 is 1.56 bits per heavy atom. The van der Waals surface area contributed by atoms with Crippen molar-refractivity contribution in [1.82, 2.24) is 0 Å². The number of alkyl halides is 4. The predicted octanol–water partition coefficient (Wildman–Crippen LogP) is 3.91. The lowest BCUT2D eigenvalue weighted by molar-refractivity contribution is -0.146. The van der Waals surface area contributed by atoms with E-state index in [0.717, 1.165) is 24.6 Å². The van der Waals surface area contributed by atoms with Crippen LogP contribution in [-0.2, 0) is 4.79 Å². The minimum atomic E-state index is -4.50. The molecule has 0 radical (unpaired) electrons. The van der Waals surface area contributed by atoms with E-state index in [2.05, 4.69) is 0 Å². The maximum atomic E-state index is 12.5. The van der Waals surface area contributed by atoms with Crippen molar-refractivity contribution in [2.75, 3.05) is 0 Å². The fourth-order valence-electron chi connectivity index (χ4n) is 1.87. The van der Waals surface area contributed by atoms with Gasteiger partial charge in [-0.15, -0.1) is 11.6 Å². The number of hydrogen-bond acceptors (Lipinski definition) is 1. The maximum absolute atomic E-state index is 12.5. The Labute approximate surface area is 108 Å². The number of carbonyl (C=O) groups is 1. The molecule has 1 rings (SSSR count). The first-order valence-corrected chi connectivity index (χ1v) is 6.03. The largest absolute Gasteiger partial charge is 0.481 e. The molecule has 0 saturated heterocycles. The molecule has 0 amide bonds. The molecule has 1 aliphatic carbocycles. The Hall–Kier alpha value is -0.970. The summed E-state index contributed by atoms with van der Waals surface area (Å²) < 4.78 is 37.5. The number of carboxylic acid groups (broad SMARTS) is 1. The van der Waals surface area contributed by atoms with Gasteiger partial charge in [0.2, 0.25) is 0 Å². The van der Waals surface area contributed by atoms with Gasteiger partial charge in [-0.05, 0) is 6.42 Å². The summed E-state index contributed by atoms with van der Waals surface area (Å²) in [5.41, 5.74) is -2.33. The molecule has 6 heteroatoms. The summed E-state index contributed by atoms with van der Waals surface area (Å²) >= 11 is 5.86. The van der Waals surface area contributed by atoms with Crippen LogP contribution in [0.25, 0.3) is 0 Å². The fourth-order valence-corrected chi connectivity index (χ4v) is 2.28. The lowest BCUT2D eigenvalue weighted by Crippen LogP contribution is -2.39. The number of rotatable bonds is 4. The highest BCUT2D eigenvalue weighted by molar-refractivity contribution is 6.24. The molecule has 18 heavy (non-hydrogen) atoms. The summed E-state index contributed by atoms with van der Waals surface area (Å²) in [4.78, 5) is 11.3. The van der Waals surface area contributed by atoms with Crippen molar-refractivity contribution in [3.05, 3.63) is 23.8 Å². The van der Waals surface area contributed by atoms with E-state index in [-0.39, 0.29) is 6.42 Å². The van der Waals surface area contributed by atoms with Gasteiger partial charge in [-0.3, -0.25) is 4.79 Å². The highest BCUT2D eigenvalue weighted by atomic mass is 35.5. The fraction of sp³-hybridized carbons (Fsp3) is 0.583. The first-order chi connectivity index (χ1) is 8.24. The van der Waals surface area contributed by atoms with E-state index < -0.39 is 28.5 Å². The Bertz CT molecular complexity index is 387. The number of aliphatic carboxylic acids is 1. The van der Waals surface area contributed by atoms with Crippen LogP contribution >= 0.6 is 11.6 Å². The van der Waals surface area contributed by atoms with Crippen LogP contribution in [0.5, 0.6) is 0 Å². The second kappa shape index (κ2) is 5.34. The molecule has 102 valence electrons. The molecule has 0 aromatic heterocycles. The van der Waals surface area contributed by atoms with E-state index in [9.17, 15) is 23.1 Å². The SMILES string of the molecule is CCCCC1(C(=O)O)C=CC(C(F)(F)F)=CC1Cl. The van der Waals surface area contributed by atoms with E-state index >= 15 is 0 Å². The van der Waals surface area contributed by atoms with E-state index in [4.69, 9.17) is 11.6 Å². The van der Waals surface area contributed by atoms with Gasteiger partial charge in [0.05, 0.1) is 11.0 Å². The number of halogens is 4. The first kappa shape index (κ1) is 15.1. The molecule has 2 unspecified atom stereocenters. The number of unbranched alkanes of at least 4 members (excludes halogenated alkanes) is 1. The van der Waals surface area contributed by atoms with Crippen molar-refractivity contribution < 1.29 is 23.1 Å². The average molecular weight is 283 g/mol. The van der Waals surface area contributed by atoms with Gasteiger partial charge in [-0.2, -0.15) is 13.2 Å². The topological polar surface area (TPSA) is 37.3 Å². The van der Waals surface area contributed by atoms with Gasteiger partial charge in [0.25, 0.3) is 0 Å². The van der Waals surface area contributed by atoms with Crippen LogP contribution in [0.1, 0.15) is 26.2 Å². The standard InChI is InChI=1S/C12H14ClF3O2/c1-2-3-5-11(10(17)18)6-4-8(7-9(11)13)12(14,15)16/h4,6-7,9H,2-3,5H2,1H3,(H,17,18). The molecular formula is C12H14ClF3O2. The Morgan fingerprint density at radius 3 is 2.56 bits per heavy atom. The second-order valence-electron chi connectivity index (χ2n) is 4.30. The predicted molar refractivity (Wildman–Crippen MR) is 62.5 cm³/mol. The molecule has 1 aliphatic rings. The third-order valence-electron chi connectivity index (χ3n) is 3.05. The third kappa shape index (κ3) is 2.88. The van der Waals surface area contributed by atoms with Crippen LogP contribution in [0.2, 0.25) is 0 Å². The average Bonchev–Trinajstić information content (AvgIpc) is 2.26. The zero-order valence-corrected chi connectivity index (χ0v) is 10.6. The van der Waals surface area contributed by atoms with Gasteiger partial charge in [0, 0.05) is 0 Å². The van der Waals surface area contributed by atoms with Crippen LogP contribution in [0.15, 0.2) is 23.8 Å². The van der Waals surface area contributed by atoms with Crippen LogP contribution in [0, 0.1) is 5.41 Å². The summed E-state index contributed by atoms with van der Waals surface area (Å²) in [6.45, 7) is 1.88. The van der Waals surface area contributed by atoms with Crippen LogP contribution in [0.4, 0.5) is 13.2 Å². The van der Waals surface area contributed by atoms with E-state index in [0.29, 0.717) is 6.42 Å². The van der Waals surface area contributed by atoms with E-state index in [1.54, 1.807) is 0 Å². The molecule has 0 spiro atoms. The van der Waals surface area contributed by atoms with Gasteiger partial charge in [0.1, 0.15) is 5.41 Å². The molecule has 0 aromatic rings. The Morgan fingerprint density at radius 2 is 2.17 bits per heavy atom. The normalized spacial score (nSPS) is 28.1. The molecule has 2 nitrogen and oxygen atoms in total. The molecule has 1 N–H and O–H groups in total. The van der Waals surface area contributed by atoms with E-state index in [1.807, 2.05) is 6.92 Å². The minimum Gasteiger partial charge on any atom is -0.481 e. The van der Waals surface area contributed by atoms with Gasteiger partial charge in [-0.25, -0.2) is 0 Å². The monoisotopic (exact) mass is 282 g/mol. The molecule has 2 atom stereocenters. The smallest absolute Gasteiger partial charge is 0.416 e. The molecule has 0 heterocycles. The van der Waals surface area contributed by atoms with Gasteiger partial charge in [0.15, 0.2) is 0 Å². The van der Waals surface area contributed by atoms with E-state index in [1.165, 1.54) is 0 Å². The molecule has 0 saturated carbocycles. The highest BCUT2D eigenvalue weighted by Crippen LogP contribution is 2.42. The summed E-state index contributed by atoms with van der Waals surface area (Å²) in [7, 11) is 0. The Kier molecular flexibility index (Phi) is 4.48. The van der Waals surface area contributed by atoms with Crippen molar-refractivity contribution in [3.63, 3.8) is 0 Å². The highest BCUT2D eigenvalue weighted by Gasteiger charge is 2.46. The number of hydrogen-bond donors (Lipinski definition) is 1. The molecule has 0 aliphatic heterocycles. The third-order valence-corrected chi connectivity index (χ3v) is 3.56. The Balaban J connectivity index is 3.03. The van der Waals surface area contributed by atoms with Crippen molar-refractivity contribution in [2.24, 2.45) is 5.41 Å². The maximum Gasteiger partial charge on any atom is 0.416 e. The van der Waals surface area contributed by atoms with Crippen LogP contribution in [-0.4, -0.2) is 22.6 Å².